The molecule has 1 fully saturated rings. The van der Waals surface area contributed by atoms with Gasteiger partial charge in [0, 0.05) is 29.4 Å². The first-order chi connectivity index (χ1) is 12.5. The molecule has 1 aromatic carbocycles. The van der Waals surface area contributed by atoms with Gasteiger partial charge in [0.25, 0.3) is 0 Å². The van der Waals surface area contributed by atoms with Crippen molar-refractivity contribution < 1.29 is 19.1 Å². The number of esters is 2. The van der Waals surface area contributed by atoms with Crippen LogP contribution in [0.15, 0.2) is 42.7 Å². The maximum absolute atomic E-state index is 12.4. The molecule has 0 spiro atoms. The summed E-state index contributed by atoms with van der Waals surface area (Å²) in [6.45, 7) is 7.78. The van der Waals surface area contributed by atoms with Crippen LogP contribution in [0.3, 0.4) is 0 Å². The van der Waals surface area contributed by atoms with Crippen LogP contribution in [0.4, 0.5) is 0 Å². The zero-order chi connectivity index (χ0) is 18.4. The van der Waals surface area contributed by atoms with Crippen molar-refractivity contribution in [1.29, 1.82) is 0 Å². The van der Waals surface area contributed by atoms with Crippen LogP contribution in [0.1, 0.15) is 45.1 Å². The zero-order valence-electron chi connectivity index (χ0n) is 14.7. The van der Waals surface area contributed by atoms with Crippen LogP contribution >= 0.6 is 0 Å². The molecule has 5 nitrogen and oxygen atoms in total. The van der Waals surface area contributed by atoms with Crippen LogP contribution in [-0.4, -0.2) is 16.9 Å². The van der Waals surface area contributed by atoms with E-state index in [0.29, 0.717) is 16.9 Å². The fraction of sp³-hybridized carbons (Fsp3) is 0.286. The Hall–Kier alpha value is -2.95. The molecule has 1 saturated heterocycles. The Balaban J connectivity index is 1.74. The Morgan fingerprint density at radius 3 is 2.92 bits per heavy atom. The number of aryl methyl sites for hydroxylation is 1. The topological polar surface area (TPSA) is 65.5 Å². The molecule has 1 aliphatic heterocycles. The van der Waals surface area contributed by atoms with E-state index in [4.69, 9.17) is 9.47 Å². The summed E-state index contributed by atoms with van der Waals surface area (Å²) in [6.07, 6.45) is 4.44. The summed E-state index contributed by atoms with van der Waals surface area (Å²) in [5, 5.41) is 0. The number of hydrogen-bond acceptors (Lipinski definition) is 5. The van der Waals surface area contributed by atoms with Crippen LogP contribution < -0.4 is 4.74 Å². The second-order valence-electron chi connectivity index (χ2n) is 6.84. The van der Waals surface area contributed by atoms with Crippen molar-refractivity contribution in [2.24, 2.45) is 5.92 Å². The van der Waals surface area contributed by atoms with E-state index in [-0.39, 0.29) is 18.0 Å². The largest absolute Gasteiger partial charge is 0.453 e. The maximum atomic E-state index is 12.4. The molecule has 0 bridgehead atoms. The van der Waals surface area contributed by atoms with E-state index in [1.54, 1.807) is 18.3 Å². The highest BCUT2D eigenvalue weighted by atomic mass is 16.6. The molecule has 1 aromatic heterocycles. The van der Waals surface area contributed by atoms with Crippen molar-refractivity contribution in [3.8, 4) is 5.75 Å². The van der Waals surface area contributed by atoms with E-state index in [2.05, 4.69) is 11.6 Å². The molecule has 0 N–H and O–H groups in total. The van der Waals surface area contributed by atoms with Crippen molar-refractivity contribution in [3.05, 3.63) is 70.6 Å². The molecule has 2 heterocycles. The summed E-state index contributed by atoms with van der Waals surface area (Å²) >= 11 is 0. The number of fused-ring (bicyclic) bond motifs is 3. The first kappa shape index (κ1) is 16.5. The number of hydrogen-bond donors (Lipinski definition) is 0. The number of aromatic nitrogens is 1. The number of carbonyl (C=O) groups is 2. The van der Waals surface area contributed by atoms with Gasteiger partial charge in [-0.2, -0.15) is 0 Å². The summed E-state index contributed by atoms with van der Waals surface area (Å²) in [4.78, 5) is 28.3. The van der Waals surface area contributed by atoms with Crippen LogP contribution in [0.2, 0.25) is 0 Å². The van der Waals surface area contributed by atoms with Crippen molar-refractivity contribution in [3.63, 3.8) is 0 Å². The SMILES string of the molecule is C=C1C(=O)O[C@H]2c3c(C)c(OC(=O)c4cccnc4)cc(C)c3CC[C@@H]12. The van der Waals surface area contributed by atoms with Crippen LogP contribution in [0.25, 0.3) is 0 Å². The molecule has 0 unspecified atom stereocenters. The van der Waals surface area contributed by atoms with Gasteiger partial charge in [-0.05, 0) is 61.6 Å². The van der Waals surface area contributed by atoms with Gasteiger partial charge in [-0.25, -0.2) is 9.59 Å². The molecule has 1 aliphatic carbocycles. The normalized spacial score (nSPS) is 21.0. The summed E-state index contributed by atoms with van der Waals surface area (Å²) in [5.41, 5.74) is 4.93. The van der Waals surface area contributed by atoms with Gasteiger partial charge in [-0.15, -0.1) is 0 Å². The number of pyridine rings is 1. The Labute approximate surface area is 151 Å². The summed E-state index contributed by atoms with van der Waals surface area (Å²) in [7, 11) is 0. The highest BCUT2D eigenvalue weighted by Gasteiger charge is 2.44. The fourth-order valence-electron chi connectivity index (χ4n) is 3.92. The quantitative estimate of drug-likeness (QED) is 0.470. The minimum absolute atomic E-state index is 0.00243. The van der Waals surface area contributed by atoms with Gasteiger partial charge in [0.2, 0.25) is 0 Å². The van der Waals surface area contributed by atoms with Gasteiger partial charge in [0.15, 0.2) is 0 Å². The van der Waals surface area contributed by atoms with Crippen molar-refractivity contribution >= 4 is 11.9 Å². The van der Waals surface area contributed by atoms with Crippen LogP contribution in [-0.2, 0) is 16.0 Å². The van der Waals surface area contributed by atoms with E-state index in [9.17, 15) is 9.59 Å². The average molecular weight is 349 g/mol. The summed E-state index contributed by atoms with van der Waals surface area (Å²) in [6, 6.07) is 5.23. The third-order valence-electron chi connectivity index (χ3n) is 5.32. The van der Waals surface area contributed by atoms with Crippen LogP contribution in [0, 0.1) is 19.8 Å². The Bertz CT molecular complexity index is 933. The lowest BCUT2D eigenvalue weighted by atomic mass is 9.76. The second kappa shape index (κ2) is 6.09. The van der Waals surface area contributed by atoms with E-state index < -0.39 is 5.97 Å². The lowest BCUT2D eigenvalue weighted by Gasteiger charge is -2.30. The first-order valence-corrected chi connectivity index (χ1v) is 8.62. The second-order valence-corrected chi connectivity index (χ2v) is 6.84. The predicted octanol–water partition coefficient (Wildman–Crippen LogP) is 3.63. The molecule has 2 aromatic rings. The first-order valence-electron chi connectivity index (χ1n) is 8.62. The summed E-state index contributed by atoms with van der Waals surface area (Å²) < 4.78 is 11.2. The Morgan fingerprint density at radius 2 is 2.19 bits per heavy atom. The van der Waals surface area contributed by atoms with Crippen molar-refractivity contribution in [2.75, 3.05) is 0 Å². The molecule has 2 aliphatic rings. The molecule has 132 valence electrons. The number of nitrogens with zero attached hydrogens (tertiary/aromatic N) is 1. The minimum atomic E-state index is -0.458. The molecule has 0 saturated carbocycles. The standard InChI is InChI=1S/C21H19NO4/c1-11-9-17(25-21(24)14-5-4-8-22-10-14)13(3)18-15(11)6-7-16-12(2)20(23)26-19(16)18/h4-5,8-10,16,19H,2,6-7H2,1,3H3/t16-,19+/m0/s1. The molecule has 5 heteroatoms. The third-order valence-corrected chi connectivity index (χ3v) is 5.32. The molecular formula is C21H19NO4. The maximum Gasteiger partial charge on any atom is 0.345 e. The Kier molecular flexibility index (Phi) is 3.87. The highest BCUT2D eigenvalue weighted by Crippen LogP contribution is 2.49. The van der Waals surface area contributed by atoms with E-state index >= 15 is 0 Å². The van der Waals surface area contributed by atoms with E-state index in [1.807, 2.05) is 19.9 Å². The smallest absolute Gasteiger partial charge is 0.345 e. The highest BCUT2D eigenvalue weighted by molar-refractivity contribution is 5.92. The monoisotopic (exact) mass is 349 g/mol. The lowest BCUT2D eigenvalue weighted by molar-refractivity contribution is -0.139. The molecule has 2 atom stereocenters. The van der Waals surface area contributed by atoms with Crippen molar-refractivity contribution in [2.45, 2.75) is 32.8 Å². The van der Waals surface area contributed by atoms with Crippen molar-refractivity contribution in [1.82, 2.24) is 4.98 Å². The minimum Gasteiger partial charge on any atom is -0.453 e. The van der Waals surface area contributed by atoms with E-state index in [1.165, 1.54) is 11.8 Å². The van der Waals surface area contributed by atoms with Gasteiger partial charge in [0.05, 0.1) is 5.56 Å². The zero-order valence-corrected chi connectivity index (χ0v) is 14.7. The van der Waals surface area contributed by atoms with Gasteiger partial charge in [-0.1, -0.05) is 6.58 Å². The lowest BCUT2D eigenvalue weighted by Crippen LogP contribution is -2.21. The summed E-state index contributed by atoms with van der Waals surface area (Å²) in [5.74, 6) is -0.301. The van der Waals surface area contributed by atoms with Gasteiger partial charge >= 0.3 is 11.9 Å². The molecule has 4 rings (SSSR count). The number of carbonyl (C=O) groups excluding carboxylic acids is 2. The predicted molar refractivity (Wildman–Crippen MR) is 94.9 cm³/mol. The van der Waals surface area contributed by atoms with E-state index in [0.717, 1.165) is 29.5 Å². The fourth-order valence-corrected chi connectivity index (χ4v) is 3.92. The molecule has 0 radical (unpaired) electrons. The Morgan fingerprint density at radius 1 is 1.38 bits per heavy atom. The van der Waals surface area contributed by atoms with Crippen LogP contribution in [0.5, 0.6) is 5.75 Å². The number of ether oxygens (including phenoxy) is 2. The van der Waals surface area contributed by atoms with Gasteiger partial charge in [-0.3, -0.25) is 4.98 Å². The number of benzene rings is 1. The average Bonchev–Trinajstić information content (AvgIpc) is 2.94. The molecular weight excluding hydrogens is 330 g/mol. The third kappa shape index (κ3) is 2.51. The van der Waals surface area contributed by atoms with Gasteiger partial charge in [0.1, 0.15) is 11.9 Å². The molecule has 26 heavy (non-hydrogen) atoms. The van der Waals surface area contributed by atoms with Gasteiger partial charge < -0.3 is 9.47 Å². The molecule has 0 amide bonds. The number of rotatable bonds is 2.